The molecule has 1 saturated heterocycles. The van der Waals surface area contributed by atoms with E-state index in [1.807, 2.05) is 24.3 Å². The summed E-state index contributed by atoms with van der Waals surface area (Å²) < 4.78 is 21.7. The van der Waals surface area contributed by atoms with Gasteiger partial charge in [0.1, 0.15) is 11.9 Å². The van der Waals surface area contributed by atoms with Crippen LogP contribution in [0.1, 0.15) is 61.6 Å². The molecule has 37 heavy (non-hydrogen) atoms. The van der Waals surface area contributed by atoms with E-state index in [0.717, 1.165) is 67.0 Å². The zero-order valence-electron chi connectivity index (χ0n) is 21.4. The quantitative estimate of drug-likeness (QED) is 0.224. The van der Waals surface area contributed by atoms with Crippen molar-refractivity contribution in [1.29, 1.82) is 0 Å². The second-order valence-corrected chi connectivity index (χ2v) is 11.8. The number of likely N-dealkylation sites (tertiary alicyclic amines) is 1. The van der Waals surface area contributed by atoms with Crippen LogP contribution < -0.4 is 4.74 Å². The Morgan fingerprint density at radius 2 is 2.11 bits per heavy atom. The number of benzene rings is 1. The lowest BCUT2D eigenvalue weighted by Gasteiger charge is -2.39. The molecule has 3 aromatic rings. The number of piperidine rings is 1. The molecular formula is C29H36ClFN2O3S. The molecular weight excluding hydrogens is 511 g/mol. The highest BCUT2D eigenvalue weighted by Gasteiger charge is 2.30. The smallest absolute Gasteiger partial charge is 0.303 e. The van der Waals surface area contributed by atoms with E-state index in [4.69, 9.17) is 16.3 Å². The number of ether oxygens (including phenoxy) is 1. The van der Waals surface area contributed by atoms with Gasteiger partial charge in [0.05, 0.1) is 17.0 Å². The fourth-order valence-electron chi connectivity index (χ4n) is 5.56. The maximum absolute atomic E-state index is 15.5. The number of aryl methyl sites for hydroxylation is 1. The molecule has 1 fully saturated rings. The van der Waals surface area contributed by atoms with Gasteiger partial charge in [-0.2, -0.15) is 0 Å². The summed E-state index contributed by atoms with van der Waals surface area (Å²) in [4.78, 5) is 19.5. The van der Waals surface area contributed by atoms with Crippen LogP contribution in [0, 0.1) is 11.8 Å². The number of rotatable bonds is 13. The number of alkyl halides is 1. The Morgan fingerprint density at radius 3 is 2.86 bits per heavy atom. The largest absolute Gasteiger partial charge is 0.497 e. The van der Waals surface area contributed by atoms with Gasteiger partial charge in [-0.05, 0) is 112 Å². The van der Waals surface area contributed by atoms with Crippen LogP contribution in [-0.4, -0.2) is 47.7 Å². The first kappa shape index (κ1) is 27.8. The second-order valence-electron chi connectivity index (χ2n) is 10.0. The number of unbranched alkanes of at least 4 members (excludes halogenated alkanes) is 1. The van der Waals surface area contributed by atoms with Gasteiger partial charge in [-0.1, -0.05) is 11.6 Å². The molecule has 1 aliphatic heterocycles. The van der Waals surface area contributed by atoms with Crippen LogP contribution in [0.15, 0.2) is 42.6 Å². The van der Waals surface area contributed by atoms with Gasteiger partial charge >= 0.3 is 5.97 Å². The fourth-order valence-corrected chi connectivity index (χ4v) is 6.69. The van der Waals surface area contributed by atoms with Crippen LogP contribution in [0.4, 0.5) is 4.39 Å². The number of pyridine rings is 1. The Bertz CT molecular complexity index is 1170. The van der Waals surface area contributed by atoms with Crippen molar-refractivity contribution in [2.75, 3.05) is 26.7 Å². The molecule has 5 nitrogen and oxygen atoms in total. The molecule has 4 rings (SSSR count). The Balaban J connectivity index is 1.32. The summed E-state index contributed by atoms with van der Waals surface area (Å²) in [6.07, 6.45) is 6.83. The van der Waals surface area contributed by atoms with E-state index >= 15 is 4.39 Å². The zero-order chi connectivity index (χ0) is 26.2. The molecule has 0 radical (unpaired) electrons. The molecule has 8 heteroatoms. The Labute approximate surface area is 227 Å². The Morgan fingerprint density at radius 1 is 1.24 bits per heavy atom. The summed E-state index contributed by atoms with van der Waals surface area (Å²) in [6, 6.07) is 11.4. The number of carboxylic acids is 1. The van der Waals surface area contributed by atoms with Crippen LogP contribution in [0.3, 0.4) is 0 Å². The van der Waals surface area contributed by atoms with E-state index in [1.54, 1.807) is 30.7 Å². The molecule has 3 atom stereocenters. The number of aromatic nitrogens is 1. The molecule has 2 aromatic heterocycles. The number of thiophene rings is 1. The maximum Gasteiger partial charge on any atom is 0.303 e. The molecule has 0 bridgehead atoms. The third-order valence-electron chi connectivity index (χ3n) is 7.59. The van der Waals surface area contributed by atoms with Crippen LogP contribution in [-0.2, 0) is 11.2 Å². The van der Waals surface area contributed by atoms with E-state index in [1.165, 1.54) is 4.88 Å². The molecule has 1 aromatic carbocycles. The number of carbonyl (C=O) groups is 1. The number of aliphatic carboxylic acids is 1. The van der Waals surface area contributed by atoms with Crippen LogP contribution in [0.25, 0.3) is 10.9 Å². The van der Waals surface area contributed by atoms with Crippen molar-refractivity contribution in [3.05, 3.63) is 57.4 Å². The summed E-state index contributed by atoms with van der Waals surface area (Å²) in [5.74, 6) is 0.549. The first-order chi connectivity index (χ1) is 17.9. The summed E-state index contributed by atoms with van der Waals surface area (Å²) >= 11 is 7.68. The van der Waals surface area contributed by atoms with E-state index in [0.29, 0.717) is 30.1 Å². The lowest BCUT2D eigenvalue weighted by molar-refractivity contribution is -0.137. The molecule has 2 unspecified atom stereocenters. The highest BCUT2D eigenvalue weighted by molar-refractivity contribution is 7.16. The van der Waals surface area contributed by atoms with Gasteiger partial charge in [0.15, 0.2) is 0 Å². The predicted molar refractivity (Wildman–Crippen MR) is 149 cm³/mol. The predicted octanol–water partition coefficient (Wildman–Crippen LogP) is 7.57. The van der Waals surface area contributed by atoms with E-state index in [2.05, 4.69) is 16.0 Å². The van der Waals surface area contributed by atoms with E-state index < -0.39 is 12.1 Å². The molecule has 0 spiro atoms. The second kappa shape index (κ2) is 13.5. The van der Waals surface area contributed by atoms with Gasteiger partial charge in [0.2, 0.25) is 0 Å². The number of hydrogen-bond donors (Lipinski definition) is 1. The maximum atomic E-state index is 15.5. The number of hydrogen-bond acceptors (Lipinski definition) is 5. The highest BCUT2D eigenvalue weighted by atomic mass is 35.5. The normalized spacial score (nSPS) is 19.2. The van der Waals surface area contributed by atoms with Crippen LogP contribution in [0.5, 0.6) is 5.75 Å². The summed E-state index contributed by atoms with van der Waals surface area (Å²) in [5.41, 5.74) is 1.41. The summed E-state index contributed by atoms with van der Waals surface area (Å²) in [6.45, 7) is 2.91. The minimum atomic E-state index is -1.10. The van der Waals surface area contributed by atoms with Crippen LogP contribution >= 0.6 is 22.9 Å². The third kappa shape index (κ3) is 7.88. The summed E-state index contributed by atoms with van der Waals surface area (Å²) in [5, 5.41) is 10.1. The minimum absolute atomic E-state index is 0.169. The van der Waals surface area contributed by atoms with Gasteiger partial charge in [-0.25, -0.2) is 4.39 Å². The number of methoxy groups -OCH3 is 1. The SMILES string of the molecule is COc1ccc2nccc([C@@H](F)CCC3CCN(CCCCc4ccc(Cl)s4)CC3CCC(=O)O)c2c1. The lowest BCUT2D eigenvalue weighted by Crippen LogP contribution is -2.41. The van der Waals surface area contributed by atoms with Crippen molar-refractivity contribution in [2.45, 2.75) is 57.5 Å². The van der Waals surface area contributed by atoms with E-state index in [-0.39, 0.29) is 12.3 Å². The Kier molecular flexibility index (Phi) is 10.2. The molecule has 0 amide bonds. The van der Waals surface area contributed by atoms with Crippen molar-refractivity contribution in [3.8, 4) is 5.75 Å². The number of fused-ring (bicyclic) bond motifs is 1. The van der Waals surface area contributed by atoms with Gasteiger partial charge in [-0.15, -0.1) is 11.3 Å². The van der Waals surface area contributed by atoms with Gasteiger partial charge in [0.25, 0.3) is 0 Å². The highest BCUT2D eigenvalue weighted by Crippen LogP contribution is 2.36. The van der Waals surface area contributed by atoms with Gasteiger partial charge in [-0.3, -0.25) is 9.78 Å². The number of carboxylic acid groups (broad SMARTS) is 1. The molecule has 0 saturated carbocycles. The van der Waals surface area contributed by atoms with Crippen LogP contribution in [0.2, 0.25) is 4.34 Å². The number of halogens is 2. The molecule has 200 valence electrons. The fraction of sp³-hybridized carbons (Fsp3) is 0.517. The third-order valence-corrected chi connectivity index (χ3v) is 8.88. The minimum Gasteiger partial charge on any atom is -0.497 e. The Hall–Kier alpha value is -2.22. The zero-order valence-corrected chi connectivity index (χ0v) is 22.9. The van der Waals surface area contributed by atoms with Gasteiger partial charge in [0, 0.05) is 29.4 Å². The number of nitrogens with zero attached hydrogens (tertiary/aromatic N) is 2. The lowest BCUT2D eigenvalue weighted by atomic mass is 9.79. The molecule has 3 heterocycles. The average Bonchev–Trinajstić information content (AvgIpc) is 3.33. The molecule has 0 aliphatic carbocycles. The summed E-state index contributed by atoms with van der Waals surface area (Å²) in [7, 11) is 1.60. The van der Waals surface area contributed by atoms with Gasteiger partial charge < -0.3 is 14.7 Å². The van der Waals surface area contributed by atoms with Crippen molar-refractivity contribution in [3.63, 3.8) is 0 Å². The molecule has 1 N–H and O–H groups in total. The van der Waals surface area contributed by atoms with Crippen molar-refractivity contribution >= 4 is 39.8 Å². The first-order valence-electron chi connectivity index (χ1n) is 13.2. The first-order valence-corrected chi connectivity index (χ1v) is 14.4. The van der Waals surface area contributed by atoms with Crippen molar-refractivity contribution < 1.29 is 19.0 Å². The van der Waals surface area contributed by atoms with Crippen molar-refractivity contribution in [1.82, 2.24) is 9.88 Å². The van der Waals surface area contributed by atoms with E-state index in [9.17, 15) is 9.90 Å². The van der Waals surface area contributed by atoms with Crippen molar-refractivity contribution in [2.24, 2.45) is 11.8 Å². The average molecular weight is 547 g/mol. The topological polar surface area (TPSA) is 62.7 Å². The standard InChI is InChI=1S/C29H36ClFN2O3S/c1-36-22-7-10-27-25(18-22)24(13-15-32-27)26(31)9-5-20-14-17-33(19-21(20)6-12-29(34)35)16-3-2-4-23-8-11-28(30)37-23/h7-8,10-11,13,15,18,20-21,26H,2-6,9,12,14,16-17,19H2,1H3,(H,34,35)/t20?,21?,26-/m0/s1. The monoisotopic (exact) mass is 546 g/mol. The molecule has 1 aliphatic rings.